The summed E-state index contributed by atoms with van der Waals surface area (Å²) in [7, 11) is 0. The molecule has 0 bridgehead atoms. The topological polar surface area (TPSA) is 71.4 Å². The fourth-order valence-electron chi connectivity index (χ4n) is 1.21. The van der Waals surface area contributed by atoms with Gasteiger partial charge in [0.1, 0.15) is 0 Å². The van der Waals surface area contributed by atoms with Crippen molar-refractivity contribution >= 4 is 0 Å². The Bertz CT molecular complexity index is 289. The second-order valence-corrected chi connectivity index (χ2v) is 3.75. The number of unbranched alkanes of at least 4 members (excludes halogenated alkanes) is 2. The first kappa shape index (κ1) is 12.5. The molecule has 2 unspecified atom stereocenters. The molecule has 0 fully saturated rings. The predicted molar refractivity (Wildman–Crippen MR) is 52.6 cm³/mol. The van der Waals surface area contributed by atoms with Crippen molar-refractivity contribution in [3.8, 4) is 18.2 Å². The Kier molecular flexibility index (Phi) is 5.35. The van der Waals surface area contributed by atoms with E-state index in [1.54, 1.807) is 6.92 Å². The van der Waals surface area contributed by atoms with Gasteiger partial charge in [-0.25, -0.2) is 0 Å². The fourth-order valence-corrected chi connectivity index (χ4v) is 1.21. The van der Waals surface area contributed by atoms with Gasteiger partial charge in [0.05, 0.1) is 29.5 Å². The maximum Gasteiger partial charge on any atom is 0.0701 e. The molecular weight excluding hydrogens is 174 g/mol. The first-order chi connectivity index (χ1) is 6.60. The van der Waals surface area contributed by atoms with E-state index < -0.39 is 5.41 Å². The standard InChI is InChI=1S/C11H15N3/c1-10(8-13)11(2,9-14)6-4-3-5-7-12/h10H,3-6H2,1-2H3. The molecule has 3 heteroatoms. The number of nitrogens with zero attached hydrogens (tertiary/aromatic N) is 3. The lowest BCUT2D eigenvalue weighted by molar-refractivity contribution is 0.310. The minimum absolute atomic E-state index is 0.255. The molecular formula is C11H15N3. The molecule has 0 aromatic carbocycles. The lowest BCUT2D eigenvalue weighted by atomic mass is 9.76. The van der Waals surface area contributed by atoms with Gasteiger partial charge in [-0.2, -0.15) is 15.8 Å². The van der Waals surface area contributed by atoms with Gasteiger partial charge >= 0.3 is 0 Å². The SMILES string of the molecule is CC(C#N)C(C)(C#N)CCCCC#N. The molecule has 0 aliphatic heterocycles. The van der Waals surface area contributed by atoms with Crippen LogP contribution >= 0.6 is 0 Å². The lowest BCUT2D eigenvalue weighted by Gasteiger charge is -2.23. The van der Waals surface area contributed by atoms with Gasteiger partial charge in [-0.15, -0.1) is 0 Å². The summed E-state index contributed by atoms with van der Waals surface area (Å²) in [6.45, 7) is 3.58. The number of rotatable bonds is 5. The first-order valence-electron chi connectivity index (χ1n) is 4.78. The Hall–Kier alpha value is -1.53. The van der Waals surface area contributed by atoms with Gasteiger partial charge in [-0.3, -0.25) is 0 Å². The molecule has 0 amide bonds. The normalized spacial score (nSPS) is 15.6. The van der Waals surface area contributed by atoms with Crippen LogP contribution in [0.2, 0.25) is 0 Å². The van der Waals surface area contributed by atoms with Crippen molar-refractivity contribution in [2.24, 2.45) is 11.3 Å². The van der Waals surface area contributed by atoms with Crippen molar-refractivity contribution < 1.29 is 0 Å². The minimum atomic E-state index is -0.565. The van der Waals surface area contributed by atoms with E-state index in [-0.39, 0.29) is 5.92 Å². The van der Waals surface area contributed by atoms with Gasteiger partial charge in [-0.1, -0.05) is 6.42 Å². The van der Waals surface area contributed by atoms with Gasteiger partial charge < -0.3 is 0 Å². The predicted octanol–water partition coefficient (Wildman–Crippen LogP) is 2.76. The molecule has 0 aromatic heterocycles. The van der Waals surface area contributed by atoms with E-state index in [1.165, 1.54) is 0 Å². The van der Waals surface area contributed by atoms with Crippen molar-refractivity contribution in [2.75, 3.05) is 0 Å². The quantitative estimate of drug-likeness (QED) is 0.624. The third-order valence-corrected chi connectivity index (χ3v) is 2.64. The van der Waals surface area contributed by atoms with E-state index in [9.17, 15) is 0 Å². The molecule has 74 valence electrons. The summed E-state index contributed by atoms with van der Waals surface area (Å²) in [6.07, 6.45) is 2.87. The zero-order valence-corrected chi connectivity index (χ0v) is 8.75. The summed E-state index contributed by atoms with van der Waals surface area (Å²) in [4.78, 5) is 0. The van der Waals surface area contributed by atoms with Gasteiger partial charge in [0.15, 0.2) is 0 Å². The Morgan fingerprint density at radius 3 is 2.29 bits per heavy atom. The van der Waals surface area contributed by atoms with E-state index in [0.29, 0.717) is 12.8 Å². The van der Waals surface area contributed by atoms with E-state index in [4.69, 9.17) is 15.8 Å². The maximum atomic E-state index is 8.98. The molecule has 0 N–H and O–H groups in total. The summed E-state index contributed by atoms with van der Waals surface area (Å²) in [5.41, 5.74) is -0.565. The first-order valence-corrected chi connectivity index (χ1v) is 4.78. The highest BCUT2D eigenvalue weighted by molar-refractivity contribution is 5.05. The smallest absolute Gasteiger partial charge is 0.0701 e. The average Bonchev–Trinajstić information content (AvgIpc) is 2.22. The van der Waals surface area contributed by atoms with E-state index in [1.807, 2.05) is 6.92 Å². The Balaban J connectivity index is 4.11. The van der Waals surface area contributed by atoms with Crippen LogP contribution in [0.4, 0.5) is 0 Å². The summed E-state index contributed by atoms with van der Waals surface area (Å²) >= 11 is 0. The van der Waals surface area contributed by atoms with Crippen molar-refractivity contribution in [1.82, 2.24) is 0 Å². The second-order valence-electron chi connectivity index (χ2n) is 3.75. The van der Waals surface area contributed by atoms with Crippen LogP contribution in [0.25, 0.3) is 0 Å². The maximum absolute atomic E-state index is 8.98. The largest absolute Gasteiger partial charge is 0.198 e. The third kappa shape index (κ3) is 3.46. The van der Waals surface area contributed by atoms with Crippen LogP contribution in [0.5, 0.6) is 0 Å². The van der Waals surface area contributed by atoms with Crippen molar-refractivity contribution in [3.63, 3.8) is 0 Å². The Labute approximate surface area is 85.6 Å². The molecule has 0 heterocycles. The molecule has 3 nitrogen and oxygen atoms in total. The van der Waals surface area contributed by atoms with E-state index in [2.05, 4.69) is 18.2 Å². The van der Waals surface area contributed by atoms with Gasteiger partial charge in [0, 0.05) is 6.42 Å². The summed E-state index contributed by atoms with van der Waals surface area (Å²) in [5.74, 6) is -0.255. The lowest BCUT2D eigenvalue weighted by Crippen LogP contribution is -2.22. The minimum Gasteiger partial charge on any atom is -0.198 e. The van der Waals surface area contributed by atoms with Gasteiger partial charge in [-0.05, 0) is 26.7 Å². The molecule has 0 spiro atoms. The van der Waals surface area contributed by atoms with Crippen molar-refractivity contribution in [1.29, 1.82) is 15.8 Å². The highest BCUT2D eigenvalue weighted by Crippen LogP contribution is 2.31. The van der Waals surface area contributed by atoms with E-state index >= 15 is 0 Å². The molecule has 14 heavy (non-hydrogen) atoms. The monoisotopic (exact) mass is 189 g/mol. The van der Waals surface area contributed by atoms with E-state index in [0.717, 1.165) is 12.8 Å². The van der Waals surface area contributed by atoms with Crippen molar-refractivity contribution in [3.05, 3.63) is 0 Å². The molecule has 0 rings (SSSR count). The molecule has 0 aliphatic carbocycles. The van der Waals surface area contributed by atoms with Crippen LogP contribution in [0, 0.1) is 45.3 Å². The number of hydrogen-bond acceptors (Lipinski definition) is 3. The highest BCUT2D eigenvalue weighted by atomic mass is 14.4. The van der Waals surface area contributed by atoms with Crippen molar-refractivity contribution in [2.45, 2.75) is 39.5 Å². The third-order valence-electron chi connectivity index (χ3n) is 2.64. The van der Waals surface area contributed by atoms with Crippen LogP contribution in [0.1, 0.15) is 39.5 Å². The van der Waals surface area contributed by atoms with Crippen LogP contribution in [-0.4, -0.2) is 0 Å². The van der Waals surface area contributed by atoms with Gasteiger partial charge in [0.25, 0.3) is 0 Å². The summed E-state index contributed by atoms with van der Waals surface area (Å²) < 4.78 is 0. The molecule has 0 saturated heterocycles. The van der Waals surface area contributed by atoms with Crippen LogP contribution in [-0.2, 0) is 0 Å². The Morgan fingerprint density at radius 1 is 1.21 bits per heavy atom. The summed E-state index contributed by atoms with van der Waals surface area (Å²) in [5, 5.41) is 26.1. The highest BCUT2D eigenvalue weighted by Gasteiger charge is 2.30. The molecule has 0 saturated carbocycles. The number of nitriles is 3. The van der Waals surface area contributed by atoms with Crippen LogP contribution in [0.3, 0.4) is 0 Å². The average molecular weight is 189 g/mol. The van der Waals surface area contributed by atoms with Gasteiger partial charge in [0.2, 0.25) is 0 Å². The zero-order valence-electron chi connectivity index (χ0n) is 8.75. The molecule has 0 aliphatic rings. The zero-order chi connectivity index (χ0) is 11.0. The molecule has 0 radical (unpaired) electrons. The van der Waals surface area contributed by atoms with Crippen LogP contribution in [0.15, 0.2) is 0 Å². The second kappa shape index (κ2) is 6.01. The van der Waals surface area contributed by atoms with Crippen LogP contribution < -0.4 is 0 Å². The fraction of sp³-hybridized carbons (Fsp3) is 0.727. The Morgan fingerprint density at radius 2 is 1.86 bits per heavy atom. The molecule has 0 aromatic rings. The summed E-state index contributed by atoms with van der Waals surface area (Å²) in [6, 6.07) is 6.38. The number of hydrogen-bond donors (Lipinski definition) is 0. The molecule has 2 atom stereocenters.